The summed E-state index contributed by atoms with van der Waals surface area (Å²) in [6.45, 7) is 0. The van der Waals surface area contributed by atoms with Crippen molar-refractivity contribution in [2.24, 2.45) is 0 Å². The van der Waals surface area contributed by atoms with Gasteiger partial charge in [-0.25, -0.2) is 4.68 Å². The largest absolute Gasteiger partial charge is 0.416 e. The Balaban J connectivity index is 2.19. The minimum Gasteiger partial charge on any atom is -0.383 e. The number of hydrogen-bond acceptors (Lipinski definition) is 2. The van der Waals surface area contributed by atoms with Gasteiger partial charge in [-0.3, -0.25) is 0 Å². The molecule has 1 heterocycles. The van der Waals surface area contributed by atoms with Gasteiger partial charge in [-0.15, -0.1) is 0 Å². The summed E-state index contributed by atoms with van der Waals surface area (Å²) in [4.78, 5) is 0. The molecule has 0 unspecified atom stereocenters. The molecule has 3 aromatic rings. The molecule has 130 valence electrons. The monoisotopic (exact) mass is 497 g/mol. The molecule has 0 bridgehead atoms. The molecule has 0 spiro atoms. The molecule has 0 aliphatic rings. The van der Waals surface area contributed by atoms with Gasteiger partial charge in [-0.1, -0.05) is 53.5 Å². The molecule has 0 aliphatic carbocycles. The van der Waals surface area contributed by atoms with Crippen molar-refractivity contribution in [3.8, 4) is 16.9 Å². The molecule has 9 heteroatoms. The SMILES string of the molecule is Nc1c(I)c(-c2ccccc2)nn1-c1c(Cl)cc(C(F)(F)F)cc1Cl. The quantitative estimate of drug-likeness (QED) is 0.438. The van der Waals surface area contributed by atoms with E-state index in [2.05, 4.69) is 5.10 Å². The Morgan fingerprint density at radius 2 is 1.60 bits per heavy atom. The molecule has 25 heavy (non-hydrogen) atoms. The van der Waals surface area contributed by atoms with Gasteiger partial charge in [0.1, 0.15) is 17.2 Å². The molecule has 0 saturated carbocycles. The number of nitrogens with two attached hydrogens (primary N) is 1. The number of nitrogen functional groups attached to an aromatic ring is 1. The van der Waals surface area contributed by atoms with Crippen molar-refractivity contribution in [1.82, 2.24) is 9.78 Å². The summed E-state index contributed by atoms with van der Waals surface area (Å²) in [6.07, 6.45) is -4.55. The molecule has 1 aromatic heterocycles. The lowest BCUT2D eigenvalue weighted by molar-refractivity contribution is -0.137. The molecule has 0 fully saturated rings. The van der Waals surface area contributed by atoms with Crippen LogP contribution < -0.4 is 5.73 Å². The minimum absolute atomic E-state index is 0.105. The number of anilines is 1. The highest BCUT2D eigenvalue weighted by molar-refractivity contribution is 14.1. The lowest BCUT2D eigenvalue weighted by atomic mass is 10.2. The van der Waals surface area contributed by atoms with Gasteiger partial charge < -0.3 is 5.73 Å². The summed E-state index contributed by atoms with van der Waals surface area (Å²) in [5.41, 5.74) is 6.66. The van der Waals surface area contributed by atoms with Gasteiger partial charge in [0.2, 0.25) is 0 Å². The minimum atomic E-state index is -4.55. The van der Waals surface area contributed by atoms with Crippen LogP contribution in [0.3, 0.4) is 0 Å². The van der Waals surface area contributed by atoms with Gasteiger partial charge in [-0.2, -0.15) is 18.3 Å². The smallest absolute Gasteiger partial charge is 0.383 e. The average Bonchev–Trinajstić information content (AvgIpc) is 2.83. The zero-order chi connectivity index (χ0) is 18.4. The molecular weight excluding hydrogens is 489 g/mol. The van der Waals surface area contributed by atoms with Crippen molar-refractivity contribution in [3.63, 3.8) is 0 Å². The van der Waals surface area contributed by atoms with E-state index in [0.717, 1.165) is 17.7 Å². The Hall–Kier alpha value is -1.45. The molecule has 2 N–H and O–H groups in total. The third kappa shape index (κ3) is 3.45. The Bertz CT molecular complexity index is 917. The van der Waals surface area contributed by atoms with Gasteiger partial charge in [0.15, 0.2) is 0 Å². The Morgan fingerprint density at radius 1 is 1.04 bits per heavy atom. The highest BCUT2D eigenvalue weighted by atomic mass is 127. The summed E-state index contributed by atoms with van der Waals surface area (Å²) in [5, 5.41) is 4.02. The normalized spacial score (nSPS) is 11.8. The maximum atomic E-state index is 12.9. The molecule has 3 rings (SSSR count). The lowest BCUT2D eigenvalue weighted by Crippen LogP contribution is -2.08. The molecule has 0 saturated heterocycles. The van der Waals surface area contributed by atoms with Crippen molar-refractivity contribution < 1.29 is 13.2 Å². The fourth-order valence-corrected chi connectivity index (χ4v) is 3.59. The van der Waals surface area contributed by atoms with Gasteiger partial charge in [0.25, 0.3) is 0 Å². The summed E-state index contributed by atoms with van der Waals surface area (Å²) in [6, 6.07) is 10.9. The van der Waals surface area contributed by atoms with Crippen molar-refractivity contribution in [2.75, 3.05) is 5.73 Å². The number of alkyl halides is 3. The zero-order valence-electron chi connectivity index (χ0n) is 12.3. The van der Waals surface area contributed by atoms with Gasteiger partial charge in [0, 0.05) is 5.56 Å². The Labute approximate surface area is 164 Å². The van der Waals surface area contributed by atoms with E-state index in [4.69, 9.17) is 28.9 Å². The predicted octanol–water partition coefficient (Wildman–Crippen LogP) is 6.05. The van der Waals surface area contributed by atoms with E-state index >= 15 is 0 Å². The van der Waals surface area contributed by atoms with E-state index in [1.165, 1.54) is 4.68 Å². The van der Waals surface area contributed by atoms with Crippen LogP contribution in [0, 0.1) is 3.57 Å². The first-order chi connectivity index (χ1) is 11.7. The third-order valence-corrected chi connectivity index (χ3v) is 5.10. The molecule has 3 nitrogen and oxygen atoms in total. The summed E-state index contributed by atoms with van der Waals surface area (Å²) < 4.78 is 40.6. The van der Waals surface area contributed by atoms with Crippen molar-refractivity contribution >= 4 is 51.6 Å². The predicted molar refractivity (Wildman–Crippen MR) is 101 cm³/mol. The summed E-state index contributed by atoms with van der Waals surface area (Å²) in [5.74, 6) is 0.239. The number of hydrogen-bond donors (Lipinski definition) is 1. The van der Waals surface area contributed by atoms with Crippen LogP contribution in [0.15, 0.2) is 42.5 Å². The third-order valence-electron chi connectivity index (χ3n) is 3.46. The lowest BCUT2D eigenvalue weighted by Gasteiger charge is -2.13. The van der Waals surface area contributed by atoms with Crippen LogP contribution in [0.1, 0.15) is 5.56 Å². The number of aromatic nitrogens is 2. The molecule has 0 amide bonds. The van der Waals surface area contributed by atoms with E-state index in [1.54, 1.807) is 0 Å². The molecule has 0 atom stereocenters. The van der Waals surface area contributed by atoms with Crippen LogP contribution in [0.2, 0.25) is 10.0 Å². The molecular formula is C16H9Cl2F3IN3. The maximum absolute atomic E-state index is 12.9. The van der Waals surface area contributed by atoms with Crippen LogP contribution in [0.25, 0.3) is 16.9 Å². The summed E-state index contributed by atoms with van der Waals surface area (Å²) >= 11 is 14.1. The zero-order valence-corrected chi connectivity index (χ0v) is 16.0. The fraction of sp³-hybridized carbons (Fsp3) is 0.0625. The van der Waals surface area contributed by atoms with E-state index in [0.29, 0.717) is 9.26 Å². The maximum Gasteiger partial charge on any atom is 0.416 e. The van der Waals surface area contributed by atoms with E-state index in [9.17, 15) is 13.2 Å². The van der Waals surface area contributed by atoms with Gasteiger partial charge >= 0.3 is 6.18 Å². The molecule has 0 radical (unpaired) electrons. The Kier molecular flexibility index (Phi) is 4.91. The topological polar surface area (TPSA) is 43.8 Å². The second-order valence-electron chi connectivity index (χ2n) is 5.11. The fourth-order valence-electron chi connectivity index (χ4n) is 2.29. The van der Waals surface area contributed by atoms with Crippen LogP contribution in [0.4, 0.5) is 19.0 Å². The number of halogens is 6. The Morgan fingerprint density at radius 3 is 2.12 bits per heavy atom. The van der Waals surface area contributed by atoms with Crippen LogP contribution in [-0.2, 0) is 6.18 Å². The van der Waals surface area contributed by atoms with Gasteiger partial charge in [0.05, 0.1) is 19.2 Å². The van der Waals surface area contributed by atoms with Crippen molar-refractivity contribution in [2.45, 2.75) is 6.18 Å². The number of rotatable bonds is 2. The van der Waals surface area contributed by atoms with Crippen LogP contribution in [-0.4, -0.2) is 9.78 Å². The highest BCUT2D eigenvalue weighted by Crippen LogP contribution is 2.39. The highest BCUT2D eigenvalue weighted by Gasteiger charge is 2.32. The first-order valence-corrected chi connectivity index (χ1v) is 8.69. The molecule has 2 aromatic carbocycles. The molecule has 0 aliphatic heterocycles. The van der Waals surface area contributed by atoms with E-state index in [-0.39, 0.29) is 21.6 Å². The van der Waals surface area contributed by atoms with Gasteiger partial charge in [-0.05, 0) is 34.7 Å². The van der Waals surface area contributed by atoms with Crippen molar-refractivity contribution in [3.05, 3.63) is 61.6 Å². The van der Waals surface area contributed by atoms with Crippen molar-refractivity contribution in [1.29, 1.82) is 0 Å². The van der Waals surface area contributed by atoms with Crippen LogP contribution in [0.5, 0.6) is 0 Å². The second-order valence-corrected chi connectivity index (χ2v) is 7.01. The second kappa shape index (κ2) is 6.69. The number of nitrogens with zero attached hydrogens (tertiary/aromatic N) is 2. The standard InChI is InChI=1S/C16H9Cl2F3IN3/c17-10-6-9(16(19,20)21)7-11(18)14(10)25-15(23)12(22)13(24-25)8-4-2-1-3-5-8/h1-7H,23H2. The first-order valence-electron chi connectivity index (χ1n) is 6.86. The first kappa shape index (κ1) is 18.3. The average molecular weight is 498 g/mol. The van der Waals surface area contributed by atoms with E-state index in [1.807, 2.05) is 52.9 Å². The van der Waals surface area contributed by atoms with E-state index < -0.39 is 11.7 Å². The summed E-state index contributed by atoms with van der Waals surface area (Å²) in [7, 11) is 0. The van der Waals surface area contributed by atoms with Crippen LogP contribution >= 0.6 is 45.8 Å². The number of benzene rings is 2.